The van der Waals surface area contributed by atoms with Crippen LogP contribution in [-0.2, 0) is 15.6 Å². The van der Waals surface area contributed by atoms with E-state index in [1.165, 1.54) is 24.3 Å². The minimum atomic E-state index is -3.59. The van der Waals surface area contributed by atoms with E-state index in [-0.39, 0.29) is 22.2 Å². The second-order valence-corrected chi connectivity index (χ2v) is 8.55. The molecule has 1 aromatic heterocycles. The highest BCUT2D eigenvalue weighted by Crippen LogP contribution is 2.18. The molecule has 0 radical (unpaired) electrons. The maximum atomic E-state index is 12.4. The number of benzene rings is 2. The monoisotopic (exact) mass is 412 g/mol. The first kappa shape index (κ1) is 20.3. The van der Waals surface area contributed by atoms with Crippen molar-refractivity contribution in [2.24, 2.45) is 0 Å². The van der Waals surface area contributed by atoms with Crippen LogP contribution in [0.2, 0.25) is 0 Å². The predicted molar refractivity (Wildman–Crippen MR) is 107 cm³/mol. The molecule has 0 fully saturated rings. The molecule has 0 saturated carbocycles. The molecule has 7 nitrogen and oxygen atoms in total. The molecule has 3 rings (SSSR count). The molecule has 0 atom stereocenters. The van der Waals surface area contributed by atoms with Gasteiger partial charge in [0.1, 0.15) is 11.5 Å². The lowest BCUT2D eigenvalue weighted by Crippen LogP contribution is -2.41. The van der Waals surface area contributed by atoms with Gasteiger partial charge in [0.2, 0.25) is 0 Å². The van der Waals surface area contributed by atoms with Gasteiger partial charge in [-0.05, 0) is 49.7 Å². The number of nitrogens with one attached hydrogen (secondary N) is 2. The van der Waals surface area contributed by atoms with E-state index < -0.39 is 21.7 Å². The second-order valence-electron chi connectivity index (χ2n) is 6.56. The Morgan fingerprint density at radius 2 is 1.59 bits per heavy atom. The maximum absolute atomic E-state index is 12.4. The van der Waals surface area contributed by atoms with Gasteiger partial charge < -0.3 is 4.42 Å². The van der Waals surface area contributed by atoms with Gasteiger partial charge in [0, 0.05) is 5.56 Å². The zero-order valence-electron chi connectivity index (χ0n) is 15.9. The van der Waals surface area contributed by atoms with Crippen molar-refractivity contribution >= 4 is 21.7 Å². The topological polar surface area (TPSA) is 105 Å². The van der Waals surface area contributed by atoms with E-state index in [0.717, 1.165) is 11.1 Å². The van der Waals surface area contributed by atoms with Gasteiger partial charge in [0.05, 0.1) is 4.90 Å². The molecular weight excluding hydrogens is 392 g/mol. The summed E-state index contributed by atoms with van der Waals surface area (Å²) >= 11 is 0. The van der Waals surface area contributed by atoms with Crippen molar-refractivity contribution in [1.82, 2.24) is 10.9 Å². The second kappa shape index (κ2) is 8.32. The molecule has 3 aromatic rings. The molecule has 2 N–H and O–H groups in total. The molecule has 0 aliphatic rings. The normalized spacial score (nSPS) is 11.1. The van der Waals surface area contributed by atoms with E-state index in [2.05, 4.69) is 10.9 Å². The van der Waals surface area contributed by atoms with Gasteiger partial charge in [-0.15, -0.1) is 0 Å². The van der Waals surface area contributed by atoms with Crippen molar-refractivity contribution in [3.05, 3.63) is 88.9 Å². The van der Waals surface area contributed by atoms with Gasteiger partial charge in [-0.1, -0.05) is 35.9 Å². The van der Waals surface area contributed by atoms with E-state index in [4.69, 9.17) is 4.42 Å². The predicted octanol–water partition coefficient (Wildman–Crippen LogP) is 2.95. The highest BCUT2D eigenvalue weighted by atomic mass is 32.2. The van der Waals surface area contributed by atoms with Crippen LogP contribution in [0.1, 0.15) is 37.8 Å². The van der Waals surface area contributed by atoms with Crippen LogP contribution in [-0.4, -0.2) is 20.2 Å². The Bertz CT molecular complexity index is 1150. The fourth-order valence-electron chi connectivity index (χ4n) is 2.70. The Kier molecular flexibility index (Phi) is 5.84. The number of amides is 2. The number of carbonyl (C=O) groups is 2. The van der Waals surface area contributed by atoms with Crippen LogP contribution in [0, 0.1) is 13.8 Å². The highest BCUT2D eigenvalue weighted by Gasteiger charge is 2.19. The first-order valence-corrected chi connectivity index (χ1v) is 10.5. The molecule has 150 valence electrons. The summed E-state index contributed by atoms with van der Waals surface area (Å²) in [5.74, 6) is -1.51. The highest BCUT2D eigenvalue weighted by molar-refractivity contribution is 7.90. The van der Waals surface area contributed by atoms with Crippen molar-refractivity contribution in [1.29, 1.82) is 0 Å². The molecule has 29 heavy (non-hydrogen) atoms. The summed E-state index contributed by atoms with van der Waals surface area (Å²) < 4.78 is 30.1. The third kappa shape index (κ3) is 4.91. The first-order valence-electron chi connectivity index (χ1n) is 8.81. The van der Waals surface area contributed by atoms with Crippen molar-refractivity contribution in [2.75, 3.05) is 0 Å². The third-order valence-electron chi connectivity index (χ3n) is 4.25. The molecule has 1 heterocycles. The number of hydrogen-bond acceptors (Lipinski definition) is 5. The summed E-state index contributed by atoms with van der Waals surface area (Å²) in [5.41, 5.74) is 6.74. The summed E-state index contributed by atoms with van der Waals surface area (Å²) in [6.45, 7) is 3.66. The SMILES string of the molecule is Cc1ccc(C)c(C(=O)NNC(=O)c2ccc(CS(=O)(=O)c3ccccc3)o2)c1. The number of sulfone groups is 1. The van der Waals surface area contributed by atoms with Crippen molar-refractivity contribution in [3.8, 4) is 0 Å². The fraction of sp³-hybridized carbons (Fsp3) is 0.143. The summed E-state index contributed by atoms with van der Waals surface area (Å²) in [6.07, 6.45) is 0. The molecule has 0 aliphatic carbocycles. The number of hydrazine groups is 1. The molecule has 8 heteroatoms. The molecule has 0 unspecified atom stereocenters. The summed E-state index contributed by atoms with van der Waals surface area (Å²) in [7, 11) is -3.59. The number of carbonyl (C=O) groups excluding carboxylic acids is 2. The third-order valence-corrected chi connectivity index (χ3v) is 5.90. The van der Waals surface area contributed by atoms with Crippen LogP contribution >= 0.6 is 0 Å². The van der Waals surface area contributed by atoms with Gasteiger partial charge >= 0.3 is 5.91 Å². The molecule has 2 aromatic carbocycles. The van der Waals surface area contributed by atoms with Gasteiger partial charge in [0.25, 0.3) is 5.91 Å². The molecule has 0 saturated heterocycles. The molecule has 2 amide bonds. The molecule has 0 spiro atoms. The minimum absolute atomic E-state index is 0.107. The standard InChI is InChI=1S/C21H20N2O5S/c1-14-8-9-15(2)18(12-14)20(24)22-23-21(25)19-11-10-16(28-19)13-29(26,27)17-6-4-3-5-7-17/h3-12H,13H2,1-2H3,(H,22,24)(H,23,25). The van der Waals surface area contributed by atoms with Crippen molar-refractivity contribution < 1.29 is 22.4 Å². The fourth-order valence-corrected chi connectivity index (χ4v) is 3.97. The smallest absolute Gasteiger partial charge is 0.305 e. The van der Waals surface area contributed by atoms with E-state index in [1.807, 2.05) is 19.1 Å². The largest absolute Gasteiger partial charge is 0.455 e. The van der Waals surface area contributed by atoms with Gasteiger partial charge in [-0.25, -0.2) is 8.42 Å². The zero-order valence-corrected chi connectivity index (χ0v) is 16.7. The Hall–Kier alpha value is -3.39. The lowest BCUT2D eigenvalue weighted by molar-refractivity contribution is 0.0829. The molecule has 0 bridgehead atoms. The minimum Gasteiger partial charge on any atom is -0.455 e. The van der Waals surface area contributed by atoms with E-state index in [1.54, 1.807) is 31.2 Å². The molecular formula is C21H20N2O5S. The zero-order chi connectivity index (χ0) is 21.0. The number of rotatable bonds is 5. The van der Waals surface area contributed by atoms with Gasteiger partial charge in [-0.3, -0.25) is 20.4 Å². The van der Waals surface area contributed by atoms with Gasteiger partial charge in [-0.2, -0.15) is 0 Å². The first-order chi connectivity index (χ1) is 13.8. The van der Waals surface area contributed by atoms with E-state index >= 15 is 0 Å². The Balaban J connectivity index is 1.64. The number of aryl methyl sites for hydroxylation is 2. The van der Waals surface area contributed by atoms with Crippen LogP contribution in [0.3, 0.4) is 0 Å². The van der Waals surface area contributed by atoms with E-state index in [9.17, 15) is 18.0 Å². The Morgan fingerprint density at radius 1 is 0.897 bits per heavy atom. The van der Waals surface area contributed by atoms with Crippen LogP contribution < -0.4 is 10.9 Å². The Labute approximate surface area is 168 Å². The quantitative estimate of drug-likeness (QED) is 0.627. The molecule has 0 aliphatic heterocycles. The van der Waals surface area contributed by atoms with Crippen LogP contribution in [0.25, 0.3) is 0 Å². The van der Waals surface area contributed by atoms with E-state index in [0.29, 0.717) is 5.56 Å². The van der Waals surface area contributed by atoms with Gasteiger partial charge in [0.15, 0.2) is 15.6 Å². The van der Waals surface area contributed by atoms with Crippen LogP contribution in [0.15, 0.2) is 70.0 Å². The average molecular weight is 412 g/mol. The van der Waals surface area contributed by atoms with Crippen molar-refractivity contribution in [2.45, 2.75) is 24.5 Å². The summed E-state index contributed by atoms with van der Waals surface area (Å²) in [5, 5.41) is 0. The summed E-state index contributed by atoms with van der Waals surface area (Å²) in [4.78, 5) is 24.6. The summed E-state index contributed by atoms with van der Waals surface area (Å²) in [6, 6.07) is 16.2. The Morgan fingerprint density at radius 3 is 2.31 bits per heavy atom. The maximum Gasteiger partial charge on any atom is 0.305 e. The number of furan rings is 1. The lowest BCUT2D eigenvalue weighted by atomic mass is 10.1. The van der Waals surface area contributed by atoms with Crippen LogP contribution in [0.4, 0.5) is 0 Å². The average Bonchev–Trinajstić information content (AvgIpc) is 3.16. The lowest BCUT2D eigenvalue weighted by Gasteiger charge is -2.09. The van der Waals surface area contributed by atoms with Crippen LogP contribution in [0.5, 0.6) is 0 Å². The van der Waals surface area contributed by atoms with Crippen molar-refractivity contribution in [3.63, 3.8) is 0 Å². The number of hydrogen-bond donors (Lipinski definition) is 2.